The van der Waals surface area contributed by atoms with Gasteiger partial charge in [0.2, 0.25) is 0 Å². The number of hydrogen-bond donors (Lipinski definition) is 2. The molecule has 1 aliphatic rings. The fraction of sp³-hybridized carbons (Fsp3) is 0.615. The molecule has 0 radical (unpaired) electrons. The van der Waals surface area contributed by atoms with Crippen molar-refractivity contribution in [1.82, 2.24) is 4.98 Å². The number of quaternary nitrogens is 1. The zero-order valence-electron chi connectivity index (χ0n) is 12.0. The maximum atomic E-state index is 11.9. The summed E-state index contributed by atoms with van der Waals surface area (Å²) in [7, 11) is 0. The Bertz CT molecular complexity index is 486. The molecule has 0 saturated carbocycles. The lowest BCUT2D eigenvalue weighted by Gasteiger charge is -2.22. The third-order valence-corrected chi connectivity index (χ3v) is 3.85. The number of aromatic nitrogens is 1. The van der Waals surface area contributed by atoms with Crippen molar-refractivity contribution in [2.45, 2.75) is 13.3 Å². The van der Waals surface area contributed by atoms with Crippen LogP contribution in [0.1, 0.15) is 12.6 Å². The van der Waals surface area contributed by atoms with Crippen molar-refractivity contribution >= 4 is 28.3 Å². The summed E-state index contributed by atoms with van der Waals surface area (Å²) in [5.74, 6) is -0.373. The van der Waals surface area contributed by atoms with E-state index in [9.17, 15) is 9.59 Å². The predicted octanol–water partition coefficient (Wildman–Crippen LogP) is -0.898. The third-order valence-electron chi connectivity index (χ3n) is 3.04. The van der Waals surface area contributed by atoms with Crippen molar-refractivity contribution in [1.29, 1.82) is 0 Å². The lowest BCUT2D eigenvalue weighted by atomic mass is 10.3. The minimum absolute atomic E-state index is 0.0658. The summed E-state index contributed by atoms with van der Waals surface area (Å²) >= 11 is 1.32. The Kier molecular flexibility index (Phi) is 6.09. The second-order valence-corrected chi connectivity index (χ2v) is 5.57. The van der Waals surface area contributed by atoms with E-state index in [1.165, 1.54) is 16.2 Å². The molecular formula is C13H20N3O4S+. The van der Waals surface area contributed by atoms with Gasteiger partial charge in [0.05, 0.1) is 31.9 Å². The molecule has 2 rings (SSSR count). The number of amides is 1. The van der Waals surface area contributed by atoms with Crippen molar-refractivity contribution in [2.24, 2.45) is 0 Å². The van der Waals surface area contributed by atoms with E-state index < -0.39 is 0 Å². The van der Waals surface area contributed by atoms with Crippen LogP contribution in [0.25, 0.3) is 0 Å². The van der Waals surface area contributed by atoms with Crippen LogP contribution in [0.2, 0.25) is 0 Å². The van der Waals surface area contributed by atoms with E-state index in [-0.39, 0.29) is 18.3 Å². The molecule has 1 aromatic heterocycles. The molecule has 116 valence electrons. The Morgan fingerprint density at radius 3 is 2.95 bits per heavy atom. The number of carbonyl (C=O) groups excluding carboxylic acids is 2. The Balaban J connectivity index is 1.78. The number of anilines is 1. The molecule has 0 aromatic carbocycles. The Hall–Kier alpha value is -1.51. The van der Waals surface area contributed by atoms with Crippen LogP contribution in [-0.2, 0) is 25.5 Å². The first-order chi connectivity index (χ1) is 10.2. The number of nitrogens with one attached hydrogen (secondary N) is 2. The highest BCUT2D eigenvalue weighted by molar-refractivity contribution is 7.13. The van der Waals surface area contributed by atoms with E-state index >= 15 is 0 Å². The van der Waals surface area contributed by atoms with Crippen molar-refractivity contribution < 1.29 is 24.0 Å². The van der Waals surface area contributed by atoms with Gasteiger partial charge in [-0.1, -0.05) is 0 Å². The van der Waals surface area contributed by atoms with E-state index in [0.717, 1.165) is 13.1 Å². The number of ether oxygens (including phenoxy) is 2. The lowest BCUT2D eigenvalue weighted by molar-refractivity contribution is -0.899. The molecule has 1 amide bonds. The standard InChI is InChI=1S/C13H19N3O4S/c1-2-20-12(18)7-10-9-21-13(14-10)15-11(17)8-16-3-5-19-6-4-16/h9H,2-8H2,1H3,(H,14,15,17)/p+1. The summed E-state index contributed by atoms with van der Waals surface area (Å²) in [6.45, 7) is 5.62. The first-order valence-corrected chi connectivity index (χ1v) is 7.86. The van der Waals surface area contributed by atoms with Crippen molar-refractivity contribution in [3.63, 3.8) is 0 Å². The summed E-state index contributed by atoms with van der Waals surface area (Å²) in [5, 5.41) is 5.05. The Labute approximate surface area is 127 Å². The fourth-order valence-electron chi connectivity index (χ4n) is 2.03. The van der Waals surface area contributed by atoms with Crippen LogP contribution in [0, 0.1) is 0 Å². The van der Waals surface area contributed by atoms with Gasteiger partial charge in [0.15, 0.2) is 11.7 Å². The van der Waals surface area contributed by atoms with Crippen LogP contribution in [0.15, 0.2) is 5.38 Å². The number of nitrogens with zero attached hydrogens (tertiary/aromatic N) is 1. The van der Waals surface area contributed by atoms with E-state index in [0.29, 0.717) is 37.2 Å². The molecule has 2 heterocycles. The van der Waals surface area contributed by atoms with Gasteiger partial charge in [-0.3, -0.25) is 14.9 Å². The second kappa shape index (κ2) is 8.06. The molecule has 1 saturated heterocycles. The number of carbonyl (C=O) groups is 2. The monoisotopic (exact) mass is 314 g/mol. The molecule has 0 bridgehead atoms. The minimum atomic E-state index is -0.307. The highest BCUT2D eigenvalue weighted by Gasteiger charge is 2.18. The van der Waals surface area contributed by atoms with Gasteiger partial charge in [-0.15, -0.1) is 11.3 Å². The first kappa shape index (κ1) is 15.9. The molecule has 7 nitrogen and oxygen atoms in total. The van der Waals surface area contributed by atoms with Gasteiger partial charge >= 0.3 is 5.97 Å². The highest BCUT2D eigenvalue weighted by Crippen LogP contribution is 2.15. The molecule has 8 heteroatoms. The van der Waals surface area contributed by atoms with E-state index in [1.54, 1.807) is 12.3 Å². The van der Waals surface area contributed by atoms with Crippen LogP contribution in [0.5, 0.6) is 0 Å². The SMILES string of the molecule is CCOC(=O)Cc1csc(NC(=O)C[NH+]2CCOCC2)n1. The van der Waals surface area contributed by atoms with Gasteiger partial charge in [-0.2, -0.15) is 0 Å². The molecule has 2 N–H and O–H groups in total. The minimum Gasteiger partial charge on any atom is -0.466 e. The maximum absolute atomic E-state index is 11.9. The van der Waals surface area contributed by atoms with Crippen molar-refractivity contribution in [2.75, 3.05) is 44.8 Å². The van der Waals surface area contributed by atoms with Crippen molar-refractivity contribution in [3.05, 3.63) is 11.1 Å². The van der Waals surface area contributed by atoms with E-state index in [4.69, 9.17) is 9.47 Å². The number of esters is 1. The summed E-state index contributed by atoms with van der Waals surface area (Å²) in [4.78, 5) is 28.7. The zero-order valence-corrected chi connectivity index (χ0v) is 12.8. The summed E-state index contributed by atoms with van der Waals surface area (Å²) in [6.07, 6.45) is 0.134. The molecule has 0 spiro atoms. The second-order valence-electron chi connectivity index (χ2n) is 4.71. The quantitative estimate of drug-likeness (QED) is 0.665. The van der Waals surface area contributed by atoms with Crippen LogP contribution >= 0.6 is 11.3 Å². The number of morpholine rings is 1. The summed E-state index contributed by atoms with van der Waals surface area (Å²) in [6, 6.07) is 0. The molecular weight excluding hydrogens is 294 g/mol. The smallest absolute Gasteiger partial charge is 0.311 e. The molecule has 1 aliphatic heterocycles. The average molecular weight is 314 g/mol. The van der Waals surface area contributed by atoms with Crippen LogP contribution < -0.4 is 10.2 Å². The van der Waals surface area contributed by atoms with Crippen LogP contribution in [0.4, 0.5) is 5.13 Å². The van der Waals surface area contributed by atoms with Gasteiger partial charge in [0.25, 0.3) is 5.91 Å². The van der Waals surface area contributed by atoms with Gasteiger partial charge in [-0.05, 0) is 6.92 Å². The molecule has 0 atom stereocenters. The van der Waals surface area contributed by atoms with Gasteiger partial charge in [-0.25, -0.2) is 4.98 Å². The van der Waals surface area contributed by atoms with Gasteiger partial charge in [0.1, 0.15) is 13.1 Å². The first-order valence-electron chi connectivity index (χ1n) is 6.98. The topological polar surface area (TPSA) is 82.0 Å². The van der Waals surface area contributed by atoms with Crippen LogP contribution in [-0.4, -0.2) is 56.3 Å². The number of thiazole rings is 1. The predicted molar refractivity (Wildman–Crippen MR) is 77.5 cm³/mol. The summed E-state index contributed by atoms with van der Waals surface area (Å²) < 4.78 is 10.1. The van der Waals surface area contributed by atoms with E-state index in [2.05, 4.69) is 10.3 Å². The normalized spacial score (nSPS) is 15.7. The zero-order chi connectivity index (χ0) is 15.1. The average Bonchev–Trinajstić information content (AvgIpc) is 2.87. The number of rotatable bonds is 6. The molecule has 1 fully saturated rings. The lowest BCUT2D eigenvalue weighted by Crippen LogP contribution is -3.15. The molecule has 1 aromatic rings. The third kappa shape index (κ3) is 5.41. The van der Waals surface area contributed by atoms with Gasteiger partial charge < -0.3 is 14.4 Å². The van der Waals surface area contributed by atoms with Gasteiger partial charge in [0, 0.05) is 5.38 Å². The Morgan fingerprint density at radius 2 is 2.24 bits per heavy atom. The highest BCUT2D eigenvalue weighted by atomic mass is 32.1. The number of hydrogen-bond acceptors (Lipinski definition) is 6. The van der Waals surface area contributed by atoms with Crippen LogP contribution in [0.3, 0.4) is 0 Å². The molecule has 21 heavy (non-hydrogen) atoms. The molecule has 0 unspecified atom stereocenters. The van der Waals surface area contributed by atoms with E-state index in [1.807, 2.05) is 0 Å². The fourth-order valence-corrected chi connectivity index (χ4v) is 2.76. The Morgan fingerprint density at radius 1 is 1.48 bits per heavy atom. The summed E-state index contributed by atoms with van der Waals surface area (Å²) in [5.41, 5.74) is 0.618. The molecule has 0 aliphatic carbocycles. The maximum Gasteiger partial charge on any atom is 0.311 e. The largest absolute Gasteiger partial charge is 0.466 e. The van der Waals surface area contributed by atoms with Crippen molar-refractivity contribution in [3.8, 4) is 0 Å².